The second-order valence-corrected chi connectivity index (χ2v) is 11.8. The Morgan fingerprint density at radius 1 is 1.24 bits per heavy atom. The molecule has 0 unspecified atom stereocenters. The van der Waals surface area contributed by atoms with Crippen molar-refractivity contribution < 1.29 is 19.0 Å². The van der Waals surface area contributed by atoms with Crippen LogP contribution in [0.5, 0.6) is 11.5 Å². The largest absolute Gasteiger partial charge is 0.496 e. The lowest BCUT2D eigenvalue weighted by atomic mass is 9.47. The lowest BCUT2D eigenvalue weighted by molar-refractivity contribution is -0.117. The van der Waals surface area contributed by atoms with Crippen LogP contribution in [0.25, 0.3) is 28.2 Å². The van der Waals surface area contributed by atoms with E-state index in [9.17, 15) is 4.79 Å². The first kappa shape index (κ1) is 24.9. The highest BCUT2D eigenvalue weighted by atomic mass is 32.1. The number of aromatic nitrogens is 4. The van der Waals surface area contributed by atoms with Crippen LogP contribution in [0.3, 0.4) is 0 Å². The average Bonchev–Trinajstić information content (AvgIpc) is 3.60. The maximum Gasteiger partial charge on any atom is 0.273 e. The van der Waals surface area contributed by atoms with Gasteiger partial charge in [-0.2, -0.15) is 21.5 Å². The molecule has 1 fully saturated rings. The van der Waals surface area contributed by atoms with Gasteiger partial charge in [-0.25, -0.2) is 4.68 Å². The maximum atomic E-state index is 14.3. The van der Waals surface area contributed by atoms with E-state index in [0.717, 1.165) is 33.8 Å². The van der Waals surface area contributed by atoms with E-state index in [1.165, 1.54) is 0 Å². The number of benzene rings is 1. The van der Waals surface area contributed by atoms with Gasteiger partial charge in [-0.15, -0.1) is 0 Å². The molecule has 0 aliphatic carbocycles. The number of rotatable bonds is 6. The van der Waals surface area contributed by atoms with Crippen LogP contribution < -0.4 is 9.47 Å². The van der Waals surface area contributed by atoms with Crippen LogP contribution in [0.15, 0.2) is 41.2 Å². The molecule has 192 valence electrons. The summed E-state index contributed by atoms with van der Waals surface area (Å²) in [6.45, 7) is 3.29. The van der Waals surface area contributed by atoms with Gasteiger partial charge in [0.2, 0.25) is 0 Å². The van der Waals surface area contributed by atoms with Gasteiger partial charge in [0.05, 0.1) is 42.9 Å². The fourth-order valence-corrected chi connectivity index (χ4v) is 6.23. The van der Waals surface area contributed by atoms with Gasteiger partial charge in [-0.05, 0) is 35.7 Å². The summed E-state index contributed by atoms with van der Waals surface area (Å²) in [4.78, 5) is 16.2. The van der Waals surface area contributed by atoms with E-state index < -0.39 is 10.8 Å². The quantitative estimate of drug-likeness (QED) is 0.343. The smallest absolute Gasteiger partial charge is 0.273 e. The number of carbonyl (C=O) groups is 1. The normalized spacial score (nSPS) is 15.7. The summed E-state index contributed by atoms with van der Waals surface area (Å²) in [5, 5.41) is 12.9. The van der Waals surface area contributed by atoms with Gasteiger partial charge in [0.1, 0.15) is 41.6 Å². The summed E-state index contributed by atoms with van der Waals surface area (Å²) in [6, 6.07) is 7.91. The molecular formula is C25H28B3N5O4S. The molecule has 1 saturated heterocycles. The Kier molecular flexibility index (Phi) is 5.77. The summed E-state index contributed by atoms with van der Waals surface area (Å²) in [5.74, 6) is 1.24. The Balaban J connectivity index is 1.57. The van der Waals surface area contributed by atoms with E-state index in [2.05, 4.69) is 35.6 Å². The Labute approximate surface area is 227 Å². The number of ether oxygens (including phenoxy) is 3. The van der Waals surface area contributed by atoms with Gasteiger partial charge in [-0.3, -0.25) is 9.48 Å². The van der Waals surface area contributed by atoms with Gasteiger partial charge >= 0.3 is 0 Å². The van der Waals surface area contributed by atoms with Crippen LogP contribution >= 0.6 is 11.3 Å². The molecule has 38 heavy (non-hydrogen) atoms. The average molecular weight is 527 g/mol. The Morgan fingerprint density at radius 2 is 2.03 bits per heavy atom. The summed E-state index contributed by atoms with van der Waals surface area (Å²) in [5.41, 5.74) is 5.16. The molecule has 13 heteroatoms. The highest BCUT2D eigenvalue weighted by Gasteiger charge is 2.48. The molecule has 3 aromatic heterocycles. The van der Waals surface area contributed by atoms with Crippen molar-refractivity contribution in [2.45, 2.75) is 24.3 Å². The highest BCUT2D eigenvalue weighted by Crippen LogP contribution is 2.46. The second-order valence-electron chi connectivity index (χ2n) is 11.0. The number of fused-ring (bicyclic) bond motifs is 3. The number of hydrogen-bond acceptors (Lipinski definition) is 7. The van der Waals surface area contributed by atoms with Crippen molar-refractivity contribution in [2.24, 2.45) is 7.05 Å². The van der Waals surface area contributed by atoms with E-state index in [0.29, 0.717) is 30.4 Å². The number of thiophene rings is 1. The van der Waals surface area contributed by atoms with E-state index in [4.69, 9.17) is 19.3 Å². The number of nitrogens with zero attached hydrogens (tertiary/aromatic N) is 5. The van der Waals surface area contributed by atoms with Crippen molar-refractivity contribution in [3.05, 3.63) is 52.5 Å². The van der Waals surface area contributed by atoms with Crippen molar-refractivity contribution in [1.82, 2.24) is 24.5 Å². The van der Waals surface area contributed by atoms with Crippen LogP contribution in [-0.2, 0) is 18.4 Å². The Bertz CT molecular complexity index is 1540. The molecule has 1 amide bonds. The van der Waals surface area contributed by atoms with Gasteiger partial charge in [0.15, 0.2) is 5.69 Å². The number of methoxy groups -OCH3 is 1. The third kappa shape index (κ3) is 3.79. The van der Waals surface area contributed by atoms with Crippen molar-refractivity contribution in [3.8, 4) is 39.7 Å². The topological polar surface area (TPSA) is 83.6 Å². The van der Waals surface area contributed by atoms with Gasteiger partial charge in [0, 0.05) is 41.4 Å². The number of aryl methyl sites for hydroxylation is 1. The molecule has 5 heterocycles. The first-order valence-corrected chi connectivity index (χ1v) is 13.5. The lowest BCUT2D eigenvalue weighted by Crippen LogP contribution is -2.70. The van der Waals surface area contributed by atoms with Gasteiger partial charge < -0.3 is 19.1 Å². The molecule has 1 aromatic carbocycles. The molecule has 0 bridgehead atoms. The number of amides is 1. The molecule has 2 aliphatic rings. The van der Waals surface area contributed by atoms with Crippen LogP contribution in [0.2, 0.25) is 0 Å². The van der Waals surface area contributed by atoms with E-state index in [-0.39, 0.29) is 12.5 Å². The Hall–Kier alpha value is -3.44. The van der Waals surface area contributed by atoms with E-state index >= 15 is 0 Å². The zero-order valence-corrected chi connectivity index (χ0v) is 23.3. The minimum absolute atomic E-state index is 0.124. The van der Waals surface area contributed by atoms with Crippen molar-refractivity contribution in [3.63, 3.8) is 0 Å². The molecule has 0 N–H and O–H groups in total. The Morgan fingerprint density at radius 3 is 2.61 bits per heavy atom. The minimum Gasteiger partial charge on any atom is -0.496 e. The minimum atomic E-state index is -0.428. The first-order valence-electron chi connectivity index (χ1n) is 12.5. The fourth-order valence-electron chi connectivity index (χ4n) is 5.61. The van der Waals surface area contributed by atoms with Crippen molar-refractivity contribution in [2.75, 3.05) is 20.3 Å². The van der Waals surface area contributed by atoms with Crippen LogP contribution in [0, 0.1) is 0 Å². The van der Waals surface area contributed by atoms with Crippen molar-refractivity contribution >= 4 is 40.8 Å². The predicted octanol–water partition coefficient (Wildman–Crippen LogP) is 0.644. The molecular weight excluding hydrogens is 499 g/mol. The molecule has 0 spiro atoms. The maximum absolute atomic E-state index is 14.3. The number of carbonyl (C=O) groups excluding carboxylic acids is 1. The van der Waals surface area contributed by atoms with Crippen molar-refractivity contribution in [1.29, 1.82) is 0 Å². The zero-order valence-electron chi connectivity index (χ0n) is 22.4. The molecule has 0 saturated carbocycles. The highest BCUT2D eigenvalue weighted by molar-refractivity contribution is 7.08. The molecule has 2 aliphatic heterocycles. The second kappa shape index (κ2) is 8.81. The van der Waals surface area contributed by atoms with Gasteiger partial charge in [-0.1, -0.05) is 0 Å². The lowest BCUT2D eigenvalue weighted by Gasteiger charge is -2.53. The third-order valence-electron chi connectivity index (χ3n) is 7.20. The molecule has 0 atom stereocenters. The summed E-state index contributed by atoms with van der Waals surface area (Å²) >= 11 is 1.59. The first-order chi connectivity index (χ1) is 18.1. The van der Waals surface area contributed by atoms with Gasteiger partial charge in [0.25, 0.3) is 5.91 Å². The van der Waals surface area contributed by atoms with Crippen LogP contribution in [-0.4, -0.2) is 85.0 Å². The van der Waals surface area contributed by atoms with Crippen LogP contribution in [0.4, 0.5) is 0 Å². The third-order valence-corrected chi connectivity index (χ3v) is 7.87. The van der Waals surface area contributed by atoms with E-state index in [1.807, 2.05) is 56.3 Å². The zero-order chi connectivity index (χ0) is 26.8. The fraction of sp³-hybridized carbons (Fsp3) is 0.320. The SMILES string of the molecule is BC(B)(B)N(C(=O)c1nn(-c2ccsc2)c2c1COc1cc(OC)c(-c3ccnn3C)cc1-2)C1(C)COC1. The molecule has 9 nitrogen and oxygen atoms in total. The summed E-state index contributed by atoms with van der Waals surface area (Å²) in [7, 11) is 9.70. The predicted molar refractivity (Wildman–Crippen MR) is 154 cm³/mol. The van der Waals surface area contributed by atoms with Crippen LogP contribution in [0.1, 0.15) is 23.0 Å². The standard InChI is InChI=1S/C25H28B3N5O4S/c1-24(12-36-13-24)33(25(26,27)28)23(34)21-17-10-37-20-9-19(35-3)15(18-4-6-29-31(18)2)8-16(20)22(17)32(30-21)14-5-7-38-11-14/h4-9,11H,10,12-13,26-28H2,1-3H3. The van der Waals surface area contributed by atoms with E-state index in [1.54, 1.807) is 24.6 Å². The monoisotopic (exact) mass is 527 g/mol. The number of hydrogen-bond donors (Lipinski definition) is 0. The summed E-state index contributed by atoms with van der Waals surface area (Å²) in [6.07, 6.45) is 1.76. The molecule has 6 rings (SSSR count). The molecule has 4 aromatic rings. The molecule has 0 radical (unpaired) electrons. The summed E-state index contributed by atoms with van der Waals surface area (Å²) < 4.78 is 21.2.